The number of carbonyl (C=O) groups is 1. The van der Waals surface area contributed by atoms with E-state index in [1.807, 2.05) is 48.5 Å². The molecule has 4 heterocycles. The second-order valence-electron chi connectivity index (χ2n) is 7.91. The van der Waals surface area contributed by atoms with Gasteiger partial charge in [-0.15, -0.1) is 0 Å². The molecule has 1 aliphatic heterocycles. The number of amides is 1. The summed E-state index contributed by atoms with van der Waals surface area (Å²) in [5, 5.41) is 0.549. The molecule has 1 aromatic carbocycles. The van der Waals surface area contributed by atoms with Crippen LogP contribution in [0.3, 0.4) is 0 Å². The molecule has 1 unspecified atom stereocenters. The molecule has 1 atom stereocenters. The Kier molecular flexibility index (Phi) is 5.07. The van der Waals surface area contributed by atoms with Gasteiger partial charge in [0, 0.05) is 48.4 Å². The van der Waals surface area contributed by atoms with Gasteiger partial charge in [0.1, 0.15) is 6.33 Å². The number of pyridine rings is 1. The Bertz CT molecular complexity index is 1260. The first-order valence-electron chi connectivity index (χ1n) is 10.2. The number of anilines is 1. The van der Waals surface area contributed by atoms with E-state index in [0.717, 1.165) is 51.3 Å². The van der Waals surface area contributed by atoms with Crippen LogP contribution in [0.1, 0.15) is 29.3 Å². The molecule has 1 amide bonds. The van der Waals surface area contributed by atoms with Crippen LogP contribution in [0.25, 0.3) is 21.3 Å². The lowest BCUT2D eigenvalue weighted by molar-refractivity contribution is -0.129. The number of benzene rings is 1. The molecular formula is C23H22N6OS. The zero-order valence-corrected chi connectivity index (χ0v) is 18.0. The van der Waals surface area contributed by atoms with Crippen LogP contribution in [0.4, 0.5) is 5.13 Å². The van der Waals surface area contributed by atoms with Gasteiger partial charge in [-0.1, -0.05) is 17.4 Å². The van der Waals surface area contributed by atoms with Gasteiger partial charge >= 0.3 is 0 Å². The van der Waals surface area contributed by atoms with E-state index in [4.69, 9.17) is 10.7 Å². The van der Waals surface area contributed by atoms with Crippen molar-refractivity contribution in [3.8, 4) is 11.1 Å². The van der Waals surface area contributed by atoms with Crippen LogP contribution < -0.4 is 5.73 Å². The van der Waals surface area contributed by atoms with Crippen LogP contribution in [-0.2, 0) is 11.2 Å². The maximum absolute atomic E-state index is 12.9. The third kappa shape index (κ3) is 4.11. The molecule has 0 spiro atoms. The van der Waals surface area contributed by atoms with Crippen molar-refractivity contribution >= 4 is 32.6 Å². The molecule has 31 heavy (non-hydrogen) atoms. The Morgan fingerprint density at radius 1 is 1.16 bits per heavy atom. The highest BCUT2D eigenvalue weighted by molar-refractivity contribution is 7.22. The van der Waals surface area contributed by atoms with Gasteiger partial charge in [-0.2, -0.15) is 0 Å². The van der Waals surface area contributed by atoms with Gasteiger partial charge in [-0.25, -0.2) is 15.0 Å². The maximum atomic E-state index is 12.9. The number of fused-ring (bicyclic) bond motifs is 1. The molecule has 0 bridgehead atoms. The van der Waals surface area contributed by atoms with Crippen molar-refractivity contribution in [1.29, 1.82) is 0 Å². The summed E-state index contributed by atoms with van der Waals surface area (Å²) in [4.78, 5) is 32.2. The van der Waals surface area contributed by atoms with Crippen molar-refractivity contribution in [1.82, 2.24) is 24.8 Å². The predicted molar refractivity (Wildman–Crippen MR) is 122 cm³/mol. The second kappa shape index (κ2) is 8.03. The van der Waals surface area contributed by atoms with Crippen molar-refractivity contribution in [2.75, 3.05) is 18.8 Å². The normalized spacial score (nSPS) is 16.2. The molecule has 0 radical (unpaired) electrons. The fourth-order valence-electron chi connectivity index (χ4n) is 4.13. The summed E-state index contributed by atoms with van der Waals surface area (Å²) < 4.78 is 1.02. The Morgan fingerprint density at radius 3 is 2.84 bits per heavy atom. The SMILES string of the molecule is Cc1cc(-c2cncnc2)cc(C2CCN(C(=O)Cc3ccc4nc(N)sc4c3)C2)n1. The Labute approximate surface area is 184 Å². The van der Waals surface area contributed by atoms with Crippen molar-refractivity contribution in [3.63, 3.8) is 0 Å². The van der Waals surface area contributed by atoms with Crippen molar-refractivity contribution in [2.45, 2.75) is 25.7 Å². The Hall–Kier alpha value is -3.39. The summed E-state index contributed by atoms with van der Waals surface area (Å²) in [6.45, 7) is 3.44. The van der Waals surface area contributed by atoms with Crippen LogP contribution in [0.15, 0.2) is 49.1 Å². The summed E-state index contributed by atoms with van der Waals surface area (Å²) in [5.74, 6) is 0.375. The summed E-state index contributed by atoms with van der Waals surface area (Å²) in [6, 6.07) is 10.1. The number of nitrogens with zero attached hydrogens (tertiary/aromatic N) is 5. The van der Waals surface area contributed by atoms with Gasteiger partial charge < -0.3 is 10.6 Å². The molecule has 8 heteroatoms. The number of nitrogen functional groups attached to an aromatic ring is 1. The number of aromatic nitrogens is 4. The average Bonchev–Trinajstić information content (AvgIpc) is 3.40. The van der Waals surface area contributed by atoms with Crippen LogP contribution in [0, 0.1) is 6.92 Å². The molecule has 0 aliphatic carbocycles. The number of thiazole rings is 1. The van der Waals surface area contributed by atoms with Gasteiger partial charge in [0.25, 0.3) is 0 Å². The largest absolute Gasteiger partial charge is 0.375 e. The molecule has 1 aliphatic rings. The van der Waals surface area contributed by atoms with Gasteiger partial charge in [-0.3, -0.25) is 9.78 Å². The lowest BCUT2D eigenvalue weighted by Gasteiger charge is -2.17. The first kappa shape index (κ1) is 19.6. The zero-order chi connectivity index (χ0) is 21.4. The standard InChI is InChI=1S/C23H22N6OS/c1-14-6-17(18-10-25-13-26-11-18)9-20(27-14)16-4-5-29(12-16)22(30)8-15-2-3-19-21(7-15)31-23(24)28-19/h2-3,6-7,9-11,13,16H,4-5,8,12H2,1H3,(H2,24,28). The fourth-order valence-corrected chi connectivity index (χ4v) is 4.93. The van der Waals surface area contributed by atoms with E-state index in [1.54, 1.807) is 0 Å². The third-order valence-corrected chi connectivity index (χ3v) is 6.50. The van der Waals surface area contributed by atoms with E-state index in [1.165, 1.54) is 17.7 Å². The second-order valence-corrected chi connectivity index (χ2v) is 8.97. The molecule has 3 aromatic heterocycles. The highest BCUT2D eigenvalue weighted by atomic mass is 32.1. The summed E-state index contributed by atoms with van der Waals surface area (Å²) in [7, 11) is 0. The van der Waals surface area contributed by atoms with E-state index < -0.39 is 0 Å². The molecule has 1 fully saturated rings. The molecule has 0 saturated carbocycles. The van der Waals surface area contributed by atoms with E-state index in [2.05, 4.69) is 21.0 Å². The smallest absolute Gasteiger partial charge is 0.227 e. The topological polar surface area (TPSA) is 97.9 Å². The minimum Gasteiger partial charge on any atom is -0.375 e. The van der Waals surface area contributed by atoms with Crippen LogP contribution in [0.2, 0.25) is 0 Å². The minimum atomic E-state index is 0.142. The van der Waals surface area contributed by atoms with Gasteiger partial charge in [0.2, 0.25) is 5.91 Å². The molecule has 2 N–H and O–H groups in total. The maximum Gasteiger partial charge on any atom is 0.227 e. The molecule has 1 saturated heterocycles. The lowest BCUT2D eigenvalue weighted by Crippen LogP contribution is -2.30. The number of aryl methyl sites for hydroxylation is 1. The molecule has 5 rings (SSSR count). The number of carbonyl (C=O) groups excluding carboxylic acids is 1. The first-order valence-corrected chi connectivity index (χ1v) is 11.0. The number of likely N-dealkylation sites (tertiary alicyclic amines) is 1. The van der Waals surface area contributed by atoms with Crippen molar-refractivity contribution < 1.29 is 4.79 Å². The summed E-state index contributed by atoms with van der Waals surface area (Å²) >= 11 is 1.45. The minimum absolute atomic E-state index is 0.142. The van der Waals surface area contributed by atoms with E-state index in [0.29, 0.717) is 18.1 Å². The molecular weight excluding hydrogens is 408 g/mol. The molecule has 7 nitrogen and oxygen atoms in total. The Morgan fingerprint density at radius 2 is 2.00 bits per heavy atom. The highest BCUT2D eigenvalue weighted by Crippen LogP contribution is 2.30. The Balaban J connectivity index is 1.30. The van der Waals surface area contributed by atoms with E-state index in [-0.39, 0.29) is 11.8 Å². The van der Waals surface area contributed by atoms with Gasteiger partial charge in [-0.05, 0) is 48.7 Å². The quantitative estimate of drug-likeness (QED) is 0.531. The summed E-state index contributed by atoms with van der Waals surface area (Å²) in [6.07, 6.45) is 6.44. The van der Waals surface area contributed by atoms with Crippen molar-refractivity contribution in [3.05, 3.63) is 66.0 Å². The first-order chi connectivity index (χ1) is 15.0. The molecule has 156 valence electrons. The average molecular weight is 431 g/mol. The number of nitrogens with two attached hydrogens (primary N) is 1. The van der Waals surface area contributed by atoms with Crippen LogP contribution in [0.5, 0.6) is 0 Å². The van der Waals surface area contributed by atoms with Crippen molar-refractivity contribution in [2.24, 2.45) is 0 Å². The number of hydrogen-bond acceptors (Lipinski definition) is 7. The number of rotatable bonds is 4. The third-order valence-electron chi connectivity index (χ3n) is 5.65. The molecule has 4 aromatic rings. The fraction of sp³-hybridized carbons (Fsp3) is 0.261. The lowest BCUT2D eigenvalue weighted by atomic mass is 10.00. The van der Waals surface area contributed by atoms with Crippen LogP contribution in [-0.4, -0.2) is 43.8 Å². The van der Waals surface area contributed by atoms with Crippen LogP contribution >= 0.6 is 11.3 Å². The van der Waals surface area contributed by atoms with Gasteiger partial charge in [0.15, 0.2) is 5.13 Å². The highest BCUT2D eigenvalue weighted by Gasteiger charge is 2.28. The zero-order valence-electron chi connectivity index (χ0n) is 17.2. The monoisotopic (exact) mass is 430 g/mol. The number of hydrogen-bond donors (Lipinski definition) is 1. The predicted octanol–water partition coefficient (Wildman–Crippen LogP) is 3.60. The van der Waals surface area contributed by atoms with E-state index in [9.17, 15) is 4.79 Å². The van der Waals surface area contributed by atoms with E-state index >= 15 is 0 Å². The van der Waals surface area contributed by atoms with Gasteiger partial charge in [0.05, 0.1) is 16.6 Å². The summed E-state index contributed by atoms with van der Waals surface area (Å²) in [5.41, 5.74) is 11.7.